The van der Waals surface area contributed by atoms with Crippen molar-refractivity contribution in [2.75, 3.05) is 10.8 Å². The normalized spacial score (nSPS) is 20.6. The van der Waals surface area contributed by atoms with Crippen LogP contribution in [0, 0.1) is 0 Å². The van der Waals surface area contributed by atoms with Crippen molar-refractivity contribution >= 4 is 56.8 Å². The number of benzene rings is 3. The molecule has 2 atom stereocenters. The Bertz CT molecular complexity index is 1620. The minimum Gasteiger partial charge on any atom is -0.336 e. The number of imide groups is 1. The largest absolute Gasteiger partial charge is 0.336 e. The highest BCUT2D eigenvalue weighted by atomic mass is 35.5. The molecule has 41 heavy (non-hydrogen) atoms. The molecule has 2 aliphatic rings. The lowest BCUT2D eigenvalue weighted by Crippen LogP contribution is -2.49. The van der Waals surface area contributed by atoms with Gasteiger partial charge in [-0.15, -0.1) is 0 Å². The summed E-state index contributed by atoms with van der Waals surface area (Å²) in [6, 6.07) is 19.0. The van der Waals surface area contributed by atoms with E-state index in [1.807, 2.05) is 30.3 Å². The maximum atomic E-state index is 14.2. The number of carbonyl (C=O) groups is 3. The molecule has 0 bridgehead atoms. The number of rotatable bonds is 8. The lowest BCUT2D eigenvalue weighted by molar-refractivity contribution is -0.124. The van der Waals surface area contributed by atoms with E-state index in [4.69, 9.17) is 23.2 Å². The van der Waals surface area contributed by atoms with Crippen molar-refractivity contribution in [1.82, 2.24) is 15.5 Å². The molecular weight excluding hydrogens is 587 g/mol. The number of nitrogens with one attached hydrogen (secondary N) is 2. The number of para-hydroxylation sites is 1. The summed E-state index contributed by atoms with van der Waals surface area (Å²) in [6.07, 6.45) is 1.57. The van der Waals surface area contributed by atoms with E-state index in [9.17, 15) is 22.8 Å². The fourth-order valence-electron chi connectivity index (χ4n) is 5.33. The number of hydrogen-bond donors (Lipinski definition) is 2. The molecule has 0 saturated carbocycles. The number of carbonyl (C=O) groups excluding carboxylic acids is 3. The monoisotopic (exact) mass is 614 g/mol. The number of anilines is 1. The highest BCUT2D eigenvalue weighted by Crippen LogP contribution is 2.35. The second-order valence-corrected chi connectivity index (χ2v) is 13.0. The molecule has 9 nitrogen and oxygen atoms in total. The molecule has 0 radical (unpaired) electrons. The maximum Gasteiger partial charge on any atom is 0.322 e. The first kappa shape index (κ1) is 28.9. The molecule has 4 amide bonds. The van der Waals surface area contributed by atoms with E-state index in [0.29, 0.717) is 19.4 Å². The molecule has 3 aromatic rings. The van der Waals surface area contributed by atoms with Crippen LogP contribution >= 0.6 is 23.2 Å². The zero-order valence-corrected chi connectivity index (χ0v) is 24.5. The van der Waals surface area contributed by atoms with E-state index in [-0.39, 0.29) is 51.1 Å². The number of nitrogens with zero attached hydrogens (tertiary/aromatic N) is 2. The van der Waals surface area contributed by atoms with Crippen LogP contribution in [0.5, 0.6) is 0 Å². The zero-order chi connectivity index (χ0) is 29.4. The van der Waals surface area contributed by atoms with Crippen LogP contribution in [0.25, 0.3) is 0 Å². The van der Waals surface area contributed by atoms with Gasteiger partial charge in [-0.25, -0.2) is 13.2 Å². The van der Waals surface area contributed by atoms with Crippen molar-refractivity contribution in [3.05, 3.63) is 94.0 Å². The Hall–Kier alpha value is -3.60. The lowest BCUT2D eigenvalue weighted by Gasteiger charge is -2.31. The van der Waals surface area contributed by atoms with Gasteiger partial charge in [-0.1, -0.05) is 65.7 Å². The van der Waals surface area contributed by atoms with Crippen molar-refractivity contribution in [3.63, 3.8) is 0 Å². The van der Waals surface area contributed by atoms with Crippen LogP contribution in [0.1, 0.15) is 42.1 Å². The Morgan fingerprint density at radius 3 is 2.41 bits per heavy atom. The van der Waals surface area contributed by atoms with Gasteiger partial charge in [0.05, 0.1) is 22.3 Å². The molecule has 5 rings (SSSR count). The van der Waals surface area contributed by atoms with Crippen molar-refractivity contribution in [2.24, 2.45) is 0 Å². The number of amides is 4. The van der Waals surface area contributed by atoms with Gasteiger partial charge in [0.25, 0.3) is 21.8 Å². The quantitative estimate of drug-likeness (QED) is 0.347. The van der Waals surface area contributed by atoms with Gasteiger partial charge >= 0.3 is 6.03 Å². The van der Waals surface area contributed by atoms with Crippen LogP contribution in [-0.2, 0) is 21.4 Å². The van der Waals surface area contributed by atoms with E-state index < -0.39 is 27.5 Å². The van der Waals surface area contributed by atoms with Crippen LogP contribution in [0.3, 0.4) is 0 Å². The van der Waals surface area contributed by atoms with Crippen molar-refractivity contribution in [1.29, 1.82) is 0 Å². The second-order valence-electron chi connectivity index (χ2n) is 10.3. The molecule has 12 heteroatoms. The summed E-state index contributed by atoms with van der Waals surface area (Å²) in [5.74, 6) is -0.832. The zero-order valence-electron chi connectivity index (χ0n) is 22.1. The first-order chi connectivity index (χ1) is 19.5. The summed E-state index contributed by atoms with van der Waals surface area (Å²) in [4.78, 5) is 39.2. The summed E-state index contributed by atoms with van der Waals surface area (Å²) in [6.45, 7) is 2.04. The molecule has 0 spiro atoms. The minimum absolute atomic E-state index is 0.0119. The van der Waals surface area contributed by atoms with Crippen molar-refractivity contribution < 1.29 is 22.8 Å². The van der Waals surface area contributed by atoms with Crippen LogP contribution in [0.2, 0.25) is 10.0 Å². The minimum atomic E-state index is -4.29. The number of urea groups is 1. The Labute approximate surface area is 248 Å². The summed E-state index contributed by atoms with van der Waals surface area (Å²) >= 11 is 12.9. The Morgan fingerprint density at radius 2 is 1.73 bits per heavy atom. The van der Waals surface area contributed by atoms with Crippen LogP contribution in [0.4, 0.5) is 10.5 Å². The third kappa shape index (κ3) is 5.77. The van der Waals surface area contributed by atoms with Crippen LogP contribution in [-0.4, -0.2) is 49.3 Å². The molecule has 0 aromatic heterocycles. The molecular formula is C29H28Cl2N4O5S. The predicted molar refractivity (Wildman–Crippen MR) is 156 cm³/mol. The fraction of sp³-hybridized carbons (Fsp3) is 0.276. The molecule has 214 valence electrons. The highest BCUT2D eigenvalue weighted by molar-refractivity contribution is 7.93. The topological polar surface area (TPSA) is 116 Å². The standard InChI is InChI=1S/C29H28Cl2N4O5S/c1-29(27(37)32-28(38)33-29)17-21-10-7-15-34(21)26(36)20-13-14-23(31)25(16-20)41(39,40)35(18-19-8-3-2-4-9-19)24-12-6-5-11-22(24)30/h2-6,8-9,11-14,16,21H,7,10,15,17-18H2,1H3,(H2,32,33,37,38). The van der Waals surface area contributed by atoms with Gasteiger partial charge in [-0.3, -0.25) is 19.2 Å². The van der Waals surface area contributed by atoms with Gasteiger partial charge < -0.3 is 10.2 Å². The Morgan fingerprint density at radius 1 is 1.02 bits per heavy atom. The van der Waals surface area contributed by atoms with Gasteiger partial charge in [0.15, 0.2) is 0 Å². The van der Waals surface area contributed by atoms with E-state index in [1.165, 1.54) is 22.5 Å². The summed E-state index contributed by atoms with van der Waals surface area (Å²) in [5.41, 5.74) is 0.00143. The molecule has 2 N–H and O–H groups in total. The maximum absolute atomic E-state index is 14.2. The SMILES string of the molecule is CC1(CC2CCCN2C(=O)c2ccc(Cl)c(S(=O)(=O)N(Cc3ccccc3)c3ccccc3Cl)c2)NC(=O)NC1=O. The molecule has 2 unspecified atom stereocenters. The van der Waals surface area contributed by atoms with E-state index in [1.54, 1.807) is 36.1 Å². The van der Waals surface area contributed by atoms with E-state index in [2.05, 4.69) is 10.6 Å². The summed E-state index contributed by atoms with van der Waals surface area (Å²) in [7, 11) is -4.29. The predicted octanol–water partition coefficient (Wildman–Crippen LogP) is 4.98. The molecule has 0 aliphatic carbocycles. The first-order valence-corrected chi connectivity index (χ1v) is 15.2. The molecule has 2 fully saturated rings. The Balaban J connectivity index is 1.48. The smallest absolute Gasteiger partial charge is 0.322 e. The molecule has 3 aromatic carbocycles. The third-order valence-electron chi connectivity index (χ3n) is 7.44. The molecule has 2 heterocycles. The fourth-order valence-corrected chi connectivity index (χ4v) is 7.59. The van der Waals surface area contributed by atoms with Crippen molar-refractivity contribution in [2.45, 2.75) is 49.2 Å². The van der Waals surface area contributed by atoms with E-state index >= 15 is 0 Å². The number of likely N-dealkylation sites (tertiary alicyclic amines) is 1. The number of hydrogen-bond acceptors (Lipinski definition) is 5. The van der Waals surface area contributed by atoms with E-state index in [0.717, 1.165) is 5.56 Å². The third-order valence-corrected chi connectivity index (χ3v) is 10.00. The lowest BCUT2D eigenvalue weighted by atomic mass is 9.92. The van der Waals surface area contributed by atoms with Crippen molar-refractivity contribution in [3.8, 4) is 0 Å². The average molecular weight is 616 g/mol. The van der Waals surface area contributed by atoms with Gasteiger partial charge in [0.1, 0.15) is 10.4 Å². The van der Waals surface area contributed by atoms with Gasteiger partial charge in [0, 0.05) is 18.2 Å². The Kier molecular flexibility index (Phi) is 8.00. The van der Waals surface area contributed by atoms with Crippen LogP contribution < -0.4 is 14.9 Å². The number of sulfonamides is 1. The van der Waals surface area contributed by atoms with Gasteiger partial charge in [-0.05, 0) is 62.1 Å². The summed E-state index contributed by atoms with van der Waals surface area (Å²) in [5, 5.41) is 5.09. The molecule has 2 aliphatic heterocycles. The second kappa shape index (κ2) is 11.3. The average Bonchev–Trinajstić information content (AvgIpc) is 3.50. The molecule has 2 saturated heterocycles. The van der Waals surface area contributed by atoms with Crippen LogP contribution in [0.15, 0.2) is 77.7 Å². The van der Waals surface area contributed by atoms with Gasteiger partial charge in [0.2, 0.25) is 0 Å². The highest BCUT2D eigenvalue weighted by Gasteiger charge is 2.46. The number of halogens is 2. The summed E-state index contributed by atoms with van der Waals surface area (Å²) < 4.78 is 29.5. The van der Waals surface area contributed by atoms with Gasteiger partial charge in [-0.2, -0.15) is 0 Å². The first-order valence-electron chi connectivity index (χ1n) is 13.0.